The summed E-state index contributed by atoms with van der Waals surface area (Å²) < 4.78 is 16.8. The maximum atomic E-state index is 12.2. The van der Waals surface area contributed by atoms with Crippen LogP contribution in [0.4, 0.5) is 10.5 Å². The van der Waals surface area contributed by atoms with Crippen molar-refractivity contribution in [3.8, 4) is 23.0 Å². The van der Waals surface area contributed by atoms with E-state index < -0.39 is 0 Å². The zero-order chi connectivity index (χ0) is 21.6. The van der Waals surface area contributed by atoms with Crippen LogP contribution in [-0.4, -0.2) is 43.3 Å². The van der Waals surface area contributed by atoms with Crippen LogP contribution in [-0.2, 0) is 0 Å². The lowest BCUT2D eigenvalue weighted by Gasteiger charge is -2.26. The Bertz CT molecular complexity index is 1050. The number of urea groups is 1. The van der Waals surface area contributed by atoms with Crippen LogP contribution in [0.15, 0.2) is 48.7 Å². The first-order chi connectivity index (χ1) is 15.2. The predicted octanol–water partition coefficient (Wildman–Crippen LogP) is 4.57. The molecule has 0 unspecified atom stereocenters. The van der Waals surface area contributed by atoms with Crippen LogP contribution >= 0.6 is 0 Å². The van der Waals surface area contributed by atoms with Crippen molar-refractivity contribution in [1.29, 1.82) is 0 Å². The van der Waals surface area contributed by atoms with Crippen LogP contribution in [0.25, 0.3) is 10.9 Å². The number of aromatic nitrogens is 1. The number of pyridine rings is 1. The minimum absolute atomic E-state index is 0.239. The van der Waals surface area contributed by atoms with E-state index >= 15 is 0 Å². The van der Waals surface area contributed by atoms with Gasteiger partial charge < -0.3 is 19.5 Å². The van der Waals surface area contributed by atoms with Gasteiger partial charge in [-0.3, -0.25) is 10.4 Å². The monoisotopic (exact) mass is 422 g/mol. The number of anilines is 1. The fourth-order valence-corrected chi connectivity index (χ4v) is 3.58. The van der Waals surface area contributed by atoms with E-state index in [2.05, 4.69) is 15.7 Å². The standard InChI is InChI=1S/C23H26N4O4/c1-29-21-14-18-19(15-22(21)30-2)24-11-10-20(18)31-17-8-6-16(7-9-17)25-23(28)26-27-12-4-3-5-13-27/h6-11,14-15H,3-5,12-13H2,1-2H3,(H2,25,26,28). The number of amides is 2. The molecule has 162 valence electrons. The van der Waals surface area contributed by atoms with Gasteiger partial charge >= 0.3 is 6.03 Å². The third-order valence-corrected chi connectivity index (χ3v) is 5.16. The first-order valence-corrected chi connectivity index (χ1v) is 10.3. The van der Waals surface area contributed by atoms with Gasteiger partial charge in [0.1, 0.15) is 11.5 Å². The molecule has 3 aromatic rings. The van der Waals surface area contributed by atoms with Crippen molar-refractivity contribution in [2.75, 3.05) is 32.6 Å². The molecule has 2 amide bonds. The van der Waals surface area contributed by atoms with Crippen molar-refractivity contribution >= 4 is 22.6 Å². The topological polar surface area (TPSA) is 85.0 Å². The molecule has 2 aromatic carbocycles. The highest BCUT2D eigenvalue weighted by molar-refractivity contribution is 5.89. The van der Waals surface area contributed by atoms with Crippen molar-refractivity contribution < 1.29 is 19.0 Å². The quantitative estimate of drug-likeness (QED) is 0.605. The van der Waals surface area contributed by atoms with E-state index in [1.54, 1.807) is 38.6 Å². The number of fused-ring (bicyclic) bond motifs is 1. The van der Waals surface area contributed by atoms with Gasteiger partial charge in [0, 0.05) is 36.4 Å². The van der Waals surface area contributed by atoms with Gasteiger partial charge in [-0.25, -0.2) is 9.80 Å². The predicted molar refractivity (Wildman–Crippen MR) is 119 cm³/mol. The molecule has 2 heterocycles. The zero-order valence-corrected chi connectivity index (χ0v) is 17.7. The fraction of sp³-hybridized carbons (Fsp3) is 0.304. The van der Waals surface area contributed by atoms with Gasteiger partial charge in [0.05, 0.1) is 19.7 Å². The van der Waals surface area contributed by atoms with Crippen LogP contribution in [0.5, 0.6) is 23.0 Å². The third-order valence-electron chi connectivity index (χ3n) is 5.16. The number of carbonyl (C=O) groups is 1. The maximum absolute atomic E-state index is 12.2. The summed E-state index contributed by atoms with van der Waals surface area (Å²) >= 11 is 0. The second-order valence-electron chi connectivity index (χ2n) is 7.27. The Morgan fingerprint density at radius 1 is 0.935 bits per heavy atom. The summed E-state index contributed by atoms with van der Waals surface area (Å²) in [5, 5.41) is 5.61. The summed E-state index contributed by atoms with van der Waals surface area (Å²) in [7, 11) is 3.18. The lowest BCUT2D eigenvalue weighted by Crippen LogP contribution is -2.46. The summed E-state index contributed by atoms with van der Waals surface area (Å²) in [5.74, 6) is 2.50. The molecular weight excluding hydrogens is 396 g/mol. The van der Waals surface area contributed by atoms with E-state index in [1.165, 1.54) is 6.42 Å². The van der Waals surface area contributed by atoms with Crippen molar-refractivity contribution in [1.82, 2.24) is 15.4 Å². The average molecular weight is 422 g/mol. The number of hydrogen-bond acceptors (Lipinski definition) is 6. The van der Waals surface area contributed by atoms with E-state index in [-0.39, 0.29) is 6.03 Å². The number of carbonyl (C=O) groups excluding carboxylic acids is 1. The van der Waals surface area contributed by atoms with Crippen molar-refractivity contribution in [3.05, 3.63) is 48.7 Å². The summed E-state index contributed by atoms with van der Waals surface area (Å²) in [6.07, 6.45) is 5.11. The number of benzene rings is 2. The third kappa shape index (κ3) is 4.97. The highest BCUT2D eigenvalue weighted by Gasteiger charge is 2.13. The highest BCUT2D eigenvalue weighted by Crippen LogP contribution is 2.36. The number of piperidine rings is 1. The molecule has 0 radical (unpaired) electrons. The van der Waals surface area contributed by atoms with E-state index in [0.717, 1.165) is 36.8 Å². The zero-order valence-electron chi connectivity index (χ0n) is 17.7. The molecule has 1 saturated heterocycles. The van der Waals surface area contributed by atoms with Crippen LogP contribution in [0.1, 0.15) is 19.3 Å². The fourth-order valence-electron chi connectivity index (χ4n) is 3.58. The molecule has 1 aliphatic heterocycles. The smallest absolute Gasteiger partial charge is 0.333 e. The number of nitrogens with one attached hydrogen (secondary N) is 2. The van der Waals surface area contributed by atoms with Crippen molar-refractivity contribution in [2.45, 2.75) is 19.3 Å². The molecule has 2 N–H and O–H groups in total. The average Bonchev–Trinajstić information content (AvgIpc) is 2.80. The molecule has 8 heteroatoms. The Kier molecular flexibility index (Phi) is 6.37. The summed E-state index contributed by atoms with van der Waals surface area (Å²) in [5.41, 5.74) is 4.31. The number of rotatable bonds is 6. The van der Waals surface area contributed by atoms with Gasteiger partial charge in [-0.05, 0) is 49.2 Å². The van der Waals surface area contributed by atoms with Crippen molar-refractivity contribution in [2.24, 2.45) is 0 Å². The molecular formula is C23H26N4O4. The van der Waals surface area contributed by atoms with Gasteiger partial charge in [-0.1, -0.05) is 6.42 Å². The lowest BCUT2D eigenvalue weighted by atomic mass is 10.2. The molecule has 0 saturated carbocycles. The SMILES string of the molecule is COc1cc2nccc(Oc3ccc(NC(=O)NN4CCCCC4)cc3)c2cc1OC. The highest BCUT2D eigenvalue weighted by atomic mass is 16.5. The molecule has 31 heavy (non-hydrogen) atoms. The Balaban J connectivity index is 1.45. The molecule has 4 rings (SSSR count). The molecule has 1 aliphatic rings. The normalized spacial score (nSPS) is 14.1. The minimum Gasteiger partial charge on any atom is -0.493 e. The molecule has 0 spiro atoms. The van der Waals surface area contributed by atoms with E-state index in [9.17, 15) is 4.79 Å². The number of hydrazine groups is 1. The Hall–Kier alpha value is -3.52. The molecule has 1 aromatic heterocycles. The largest absolute Gasteiger partial charge is 0.493 e. The van der Waals surface area contributed by atoms with E-state index in [1.807, 2.05) is 29.3 Å². The number of ether oxygens (including phenoxy) is 3. The van der Waals surface area contributed by atoms with E-state index in [4.69, 9.17) is 14.2 Å². The molecule has 1 fully saturated rings. The summed E-state index contributed by atoms with van der Waals surface area (Å²) in [6, 6.07) is 12.4. The Morgan fingerprint density at radius 2 is 1.65 bits per heavy atom. The van der Waals surface area contributed by atoms with Crippen molar-refractivity contribution in [3.63, 3.8) is 0 Å². The van der Waals surface area contributed by atoms with Gasteiger partial charge in [0.25, 0.3) is 0 Å². The second kappa shape index (κ2) is 9.53. The Labute approximate surface area is 181 Å². The summed E-state index contributed by atoms with van der Waals surface area (Å²) in [6.45, 7) is 1.77. The van der Waals surface area contributed by atoms with Gasteiger partial charge in [-0.15, -0.1) is 0 Å². The number of hydrogen-bond donors (Lipinski definition) is 2. The first kappa shape index (κ1) is 20.7. The first-order valence-electron chi connectivity index (χ1n) is 10.3. The summed E-state index contributed by atoms with van der Waals surface area (Å²) in [4.78, 5) is 16.6. The van der Waals surface area contributed by atoms with E-state index in [0.29, 0.717) is 28.7 Å². The molecule has 0 bridgehead atoms. The Morgan fingerprint density at radius 3 is 2.35 bits per heavy atom. The van der Waals surface area contributed by atoms with Crippen LogP contribution in [0, 0.1) is 0 Å². The van der Waals surface area contributed by atoms with Crippen LogP contribution in [0.2, 0.25) is 0 Å². The van der Waals surface area contributed by atoms with Gasteiger partial charge in [0.15, 0.2) is 11.5 Å². The second-order valence-corrected chi connectivity index (χ2v) is 7.27. The molecule has 0 aliphatic carbocycles. The molecule has 0 atom stereocenters. The van der Waals surface area contributed by atoms with Gasteiger partial charge in [0.2, 0.25) is 0 Å². The molecule has 8 nitrogen and oxygen atoms in total. The number of methoxy groups -OCH3 is 2. The van der Waals surface area contributed by atoms with Gasteiger partial charge in [-0.2, -0.15) is 0 Å². The minimum atomic E-state index is -0.239. The van der Waals surface area contributed by atoms with Crippen LogP contribution < -0.4 is 25.0 Å². The lowest BCUT2D eigenvalue weighted by molar-refractivity contribution is 0.162. The number of nitrogens with zero attached hydrogens (tertiary/aromatic N) is 2. The van der Waals surface area contributed by atoms with Crippen LogP contribution in [0.3, 0.4) is 0 Å². The maximum Gasteiger partial charge on any atom is 0.333 e.